The lowest BCUT2D eigenvalue weighted by atomic mass is 10.1. The zero-order valence-corrected chi connectivity index (χ0v) is 21.9. The monoisotopic (exact) mass is 510 g/mol. The molecule has 4 aromatic rings. The molecule has 2 heterocycles. The molecule has 0 aliphatic carbocycles. The van der Waals surface area contributed by atoms with Gasteiger partial charge in [-0.1, -0.05) is 23.7 Å². The quantitative estimate of drug-likeness (QED) is 0.330. The van der Waals surface area contributed by atoms with Crippen LogP contribution in [0.25, 0.3) is 10.2 Å². The zero-order chi connectivity index (χ0) is 25.3. The number of ether oxygens (including phenoxy) is 1. The van der Waals surface area contributed by atoms with E-state index in [1.54, 1.807) is 51.2 Å². The van der Waals surface area contributed by atoms with E-state index in [0.29, 0.717) is 22.2 Å². The van der Waals surface area contributed by atoms with Gasteiger partial charge in [0, 0.05) is 16.3 Å². The van der Waals surface area contributed by atoms with E-state index in [1.165, 1.54) is 4.57 Å². The lowest BCUT2D eigenvalue weighted by molar-refractivity contribution is -0.153. The Balaban J connectivity index is 1.75. The molecule has 9 heteroatoms. The van der Waals surface area contributed by atoms with Crippen molar-refractivity contribution in [2.75, 3.05) is 5.32 Å². The van der Waals surface area contributed by atoms with Gasteiger partial charge in [-0.05, 0) is 70.5 Å². The Bertz CT molecular complexity index is 1450. The Labute approximate surface area is 212 Å². The second-order valence-corrected chi connectivity index (χ2v) is 11.0. The summed E-state index contributed by atoms with van der Waals surface area (Å²) >= 11 is 7.64. The number of thiazole rings is 1. The third-order valence-electron chi connectivity index (χ3n) is 5.22. The number of halogens is 1. The van der Waals surface area contributed by atoms with Crippen LogP contribution < -0.4 is 10.9 Å². The average molecular weight is 511 g/mol. The molecular weight excluding hydrogens is 484 g/mol. The van der Waals surface area contributed by atoms with Gasteiger partial charge in [0.1, 0.15) is 5.60 Å². The number of benzene rings is 2. The number of anilines is 2. The predicted octanol–water partition coefficient (Wildman–Crippen LogP) is 5.80. The predicted molar refractivity (Wildman–Crippen MR) is 141 cm³/mol. The highest BCUT2D eigenvalue weighted by Crippen LogP contribution is 2.26. The summed E-state index contributed by atoms with van der Waals surface area (Å²) in [6.45, 7) is 9.34. The van der Waals surface area contributed by atoms with E-state index in [4.69, 9.17) is 16.3 Å². The third-order valence-corrected chi connectivity index (χ3v) is 6.40. The minimum atomic E-state index is -0.643. The van der Waals surface area contributed by atoms with Crippen LogP contribution in [-0.4, -0.2) is 26.1 Å². The fourth-order valence-electron chi connectivity index (χ4n) is 3.69. The molecule has 0 bridgehead atoms. The zero-order valence-electron chi connectivity index (χ0n) is 20.3. The largest absolute Gasteiger partial charge is 0.460 e. The maximum atomic E-state index is 13.6. The van der Waals surface area contributed by atoms with Gasteiger partial charge >= 0.3 is 5.97 Å². The van der Waals surface area contributed by atoms with Crippen molar-refractivity contribution in [2.24, 2.45) is 0 Å². The number of carbonyl (C=O) groups is 1. The summed E-state index contributed by atoms with van der Waals surface area (Å²) in [6.07, 6.45) is -0.151. The minimum absolute atomic E-state index is 0.151. The molecule has 0 unspecified atom stereocenters. The molecule has 0 fully saturated rings. The number of hydrogen-bond acceptors (Lipinski definition) is 7. The first-order valence-corrected chi connectivity index (χ1v) is 12.4. The molecule has 0 saturated carbocycles. The van der Waals surface area contributed by atoms with Gasteiger partial charge in [0.2, 0.25) is 5.95 Å². The number of aryl methyl sites for hydroxylation is 2. The Kier molecular flexibility index (Phi) is 6.96. The van der Waals surface area contributed by atoms with Crippen molar-refractivity contribution >= 4 is 50.8 Å². The Morgan fingerprint density at radius 2 is 1.83 bits per heavy atom. The smallest absolute Gasteiger partial charge is 0.311 e. The number of esters is 1. The number of nitrogens with zero attached hydrogens (tertiary/aromatic N) is 3. The molecule has 4 rings (SSSR count). The van der Waals surface area contributed by atoms with Crippen LogP contribution in [0.4, 0.5) is 11.6 Å². The number of aromatic nitrogens is 3. The van der Waals surface area contributed by atoms with Crippen LogP contribution in [0.15, 0.2) is 47.3 Å². The summed E-state index contributed by atoms with van der Waals surface area (Å²) in [6, 6.07) is 13.1. The van der Waals surface area contributed by atoms with Crippen molar-refractivity contribution in [2.45, 2.75) is 53.2 Å². The first kappa shape index (κ1) is 24.9. The molecule has 0 spiro atoms. The second kappa shape index (κ2) is 9.79. The van der Waals surface area contributed by atoms with Gasteiger partial charge in [0.15, 0.2) is 0 Å². The van der Waals surface area contributed by atoms with E-state index >= 15 is 0 Å². The average Bonchev–Trinajstić information content (AvgIpc) is 3.13. The number of fused-ring (bicyclic) bond motifs is 1. The number of carbonyl (C=O) groups excluding carboxylic acids is 1. The summed E-state index contributed by atoms with van der Waals surface area (Å²) < 4.78 is 8.02. The highest BCUT2D eigenvalue weighted by molar-refractivity contribution is 7.18. The van der Waals surface area contributed by atoms with Crippen molar-refractivity contribution in [3.63, 3.8) is 0 Å². The van der Waals surface area contributed by atoms with Crippen LogP contribution >= 0.6 is 22.9 Å². The summed E-state index contributed by atoms with van der Waals surface area (Å²) in [5, 5.41) is 4.89. The van der Waals surface area contributed by atoms with Crippen LogP contribution in [0.5, 0.6) is 0 Å². The van der Waals surface area contributed by atoms with Crippen LogP contribution in [0, 0.1) is 13.8 Å². The van der Waals surface area contributed by atoms with E-state index in [-0.39, 0.29) is 18.5 Å². The summed E-state index contributed by atoms with van der Waals surface area (Å²) in [5.74, 6) is -0.0831. The topological polar surface area (TPSA) is 86.1 Å². The highest BCUT2D eigenvalue weighted by atomic mass is 35.5. The van der Waals surface area contributed by atoms with Gasteiger partial charge in [0.05, 0.1) is 33.9 Å². The molecule has 0 aliphatic rings. The first-order valence-electron chi connectivity index (χ1n) is 11.2. The summed E-state index contributed by atoms with van der Waals surface area (Å²) in [5.41, 5.74) is 2.44. The molecule has 1 N–H and O–H groups in total. The number of hydrogen-bond donors (Lipinski definition) is 1. The summed E-state index contributed by atoms with van der Waals surface area (Å²) in [7, 11) is 0. The molecule has 0 radical (unpaired) electrons. The maximum Gasteiger partial charge on any atom is 0.311 e. The number of nitrogens with one attached hydrogen (secondary N) is 1. The van der Waals surface area contributed by atoms with E-state index in [9.17, 15) is 9.59 Å². The Morgan fingerprint density at radius 1 is 1.11 bits per heavy atom. The van der Waals surface area contributed by atoms with Gasteiger partial charge in [-0.2, -0.15) is 0 Å². The third kappa shape index (κ3) is 6.07. The van der Waals surface area contributed by atoms with Crippen LogP contribution in [-0.2, 0) is 22.5 Å². The van der Waals surface area contributed by atoms with Gasteiger partial charge in [-0.25, -0.2) is 9.97 Å². The fourth-order valence-corrected chi connectivity index (χ4v) is 4.68. The van der Waals surface area contributed by atoms with Crippen molar-refractivity contribution in [3.05, 3.63) is 79.7 Å². The SMILES string of the molecule is Cc1nc2ccc(Nc3nc(C)c(CC(=O)OC(C)(C)C)c(=O)n3Cc3ccc(Cl)cc3)cc2s1. The van der Waals surface area contributed by atoms with Crippen molar-refractivity contribution in [1.29, 1.82) is 0 Å². The van der Waals surface area contributed by atoms with Crippen molar-refractivity contribution in [3.8, 4) is 0 Å². The lowest BCUT2D eigenvalue weighted by Gasteiger charge is -2.20. The molecule has 0 atom stereocenters. The van der Waals surface area contributed by atoms with Crippen LogP contribution in [0.3, 0.4) is 0 Å². The van der Waals surface area contributed by atoms with E-state index in [1.807, 2.05) is 37.3 Å². The van der Waals surface area contributed by atoms with Crippen LogP contribution in [0.2, 0.25) is 5.02 Å². The van der Waals surface area contributed by atoms with Gasteiger partial charge in [0.25, 0.3) is 5.56 Å². The molecule has 0 amide bonds. The fraction of sp³-hybridized carbons (Fsp3) is 0.308. The maximum absolute atomic E-state index is 13.6. The van der Waals surface area contributed by atoms with Gasteiger partial charge < -0.3 is 10.1 Å². The van der Waals surface area contributed by atoms with Gasteiger partial charge in [-0.3, -0.25) is 14.2 Å². The highest BCUT2D eigenvalue weighted by Gasteiger charge is 2.22. The normalized spacial score (nSPS) is 11.6. The minimum Gasteiger partial charge on any atom is -0.460 e. The van der Waals surface area contributed by atoms with Gasteiger partial charge in [-0.15, -0.1) is 11.3 Å². The molecule has 0 saturated heterocycles. The van der Waals surface area contributed by atoms with Crippen LogP contribution in [0.1, 0.15) is 42.6 Å². The Morgan fingerprint density at radius 3 is 2.51 bits per heavy atom. The molecule has 35 heavy (non-hydrogen) atoms. The summed E-state index contributed by atoms with van der Waals surface area (Å²) in [4.78, 5) is 35.3. The van der Waals surface area contributed by atoms with Crippen molar-refractivity contribution < 1.29 is 9.53 Å². The first-order chi connectivity index (χ1) is 16.5. The second-order valence-electron chi connectivity index (χ2n) is 9.32. The van der Waals surface area contributed by atoms with E-state index in [2.05, 4.69) is 15.3 Å². The van der Waals surface area contributed by atoms with E-state index < -0.39 is 11.6 Å². The molecule has 182 valence electrons. The molecule has 2 aromatic heterocycles. The molecule has 2 aromatic carbocycles. The lowest BCUT2D eigenvalue weighted by Crippen LogP contribution is -2.32. The molecule has 0 aliphatic heterocycles. The van der Waals surface area contributed by atoms with E-state index in [0.717, 1.165) is 26.5 Å². The Hall–Kier alpha value is -3.23. The molecule has 7 nitrogen and oxygen atoms in total. The number of rotatable bonds is 6. The molecular formula is C26H27ClN4O3S. The van der Waals surface area contributed by atoms with Crippen molar-refractivity contribution in [1.82, 2.24) is 14.5 Å². The standard InChI is InChI=1S/C26H27ClN4O3S/c1-15-20(13-23(32)34-26(3,4)5)24(33)31(14-17-6-8-18(27)9-7-17)25(28-15)30-19-10-11-21-22(12-19)35-16(2)29-21/h6-12H,13-14H2,1-5H3,(H,28,30).